The molecule has 1 aromatic carbocycles. The Kier molecular flexibility index (Phi) is 3.19. The number of rotatable bonds is 4. The largest absolute Gasteiger partial charge is 0.495 e. The highest BCUT2D eigenvalue weighted by Crippen LogP contribution is 2.31. The lowest BCUT2D eigenvalue weighted by atomic mass is 10.2. The second kappa shape index (κ2) is 4.88. The molecule has 106 valence electrons. The van der Waals surface area contributed by atoms with Crippen LogP contribution in [-0.2, 0) is 10.0 Å². The molecule has 1 aliphatic heterocycles. The van der Waals surface area contributed by atoms with Crippen LogP contribution in [0.2, 0.25) is 0 Å². The van der Waals surface area contributed by atoms with Crippen LogP contribution in [-0.4, -0.2) is 47.9 Å². The summed E-state index contributed by atoms with van der Waals surface area (Å²) in [5.41, 5.74) is 0. The number of para-hydroxylation sites is 1. The lowest BCUT2D eigenvalue weighted by Gasteiger charge is -2.37. The smallest absolute Gasteiger partial charge is 0.246 e. The van der Waals surface area contributed by atoms with E-state index in [0.717, 1.165) is 0 Å². The van der Waals surface area contributed by atoms with Gasteiger partial charge >= 0.3 is 0 Å². The van der Waals surface area contributed by atoms with Crippen LogP contribution < -0.4 is 4.74 Å². The predicted octanol–water partition coefficient (Wildman–Crippen LogP) is 0.532. The highest BCUT2D eigenvalue weighted by molar-refractivity contribution is 7.89. The first-order valence-electron chi connectivity index (χ1n) is 6.12. The van der Waals surface area contributed by atoms with E-state index < -0.39 is 10.0 Å². The topological polar surface area (TPSA) is 77.3 Å². The highest BCUT2D eigenvalue weighted by Gasteiger charge is 2.39. The van der Waals surface area contributed by atoms with E-state index in [1.807, 2.05) is 0 Å². The zero-order valence-electron chi connectivity index (χ0n) is 10.9. The number of hydrogen-bond donors (Lipinski definition) is 0. The molecule has 0 unspecified atom stereocenters. The van der Waals surface area contributed by atoms with Crippen LogP contribution in [0.3, 0.4) is 0 Å². The first-order valence-corrected chi connectivity index (χ1v) is 7.56. The van der Waals surface area contributed by atoms with Crippen LogP contribution in [0.5, 0.6) is 5.75 Å². The van der Waals surface area contributed by atoms with Crippen LogP contribution in [0.4, 0.5) is 0 Å². The Labute approximate surface area is 116 Å². The van der Waals surface area contributed by atoms with Crippen molar-refractivity contribution < 1.29 is 13.2 Å². The van der Waals surface area contributed by atoms with Crippen molar-refractivity contribution in [2.45, 2.75) is 10.9 Å². The highest BCUT2D eigenvalue weighted by atomic mass is 32.2. The maximum absolute atomic E-state index is 12.5. The van der Waals surface area contributed by atoms with Crippen molar-refractivity contribution >= 4 is 10.0 Å². The van der Waals surface area contributed by atoms with E-state index in [-0.39, 0.29) is 10.9 Å². The molecule has 1 saturated heterocycles. The van der Waals surface area contributed by atoms with Gasteiger partial charge in [-0.2, -0.15) is 4.31 Å². The molecule has 1 aromatic heterocycles. The Balaban J connectivity index is 1.81. The monoisotopic (exact) mass is 294 g/mol. The van der Waals surface area contributed by atoms with Crippen molar-refractivity contribution in [2.24, 2.45) is 0 Å². The summed E-state index contributed by atoms with van der Waals surface area (Å²) in [5, 5.41) is 7.60. The summed E-state index contributed by atoms with van der Waals surface area (Å²) >= 11 is 0. The second-order valence-electron chi connectivity index (χ2n) is 4.51. The molecule has 1 fully saturated rings. The lowest BCUT2D eigenvalue weighted by Crippen LogP contribution is -2.50. The Bertz CT molecular complexity index is 693. The lowest BCUT2D eigenvalue weighted by molar-refractivity contribution is 0.188. The van der Waals surface area contributed by atoms with Gasteiger partial charge in [-0.25, -0.2) is 13.1 Å². The van der Waals surface area contributed by atoms with Gasteiger partial charge in [0.15, 0.2) is 0 Å². The van der Waals surface area contributed by atoms with E-state index in [9.17, 15) is 8.42 Å². The van der Waals surface area contributed by atoms with E-state index in [1.165, 1.54) is 11.4 Å². The van der Waals surface area contributed by atoms with Gasteiger partial charge in [0, 0.05) is 19.3 Å². The fourth-order valence-corrected chi connectivity index (χ4v) is 3.83. The van der Waals surface area contributed by atoms with E-state index in [2.05, 4.69) is 10.3 Å². The summed E-state index contributed by atoms with van der Waals surface area (Å²) < 4.78 is 33.2. The van der Waals surface area contributed by atoms with Gasteiger partial charge < -0.3 is 4.74 Å². The molecule has 20 heavy (non-hydrogen) atoms. The minimum Gasteiger partial charge on any atom is -0.495 e. The third-order valence-corrected chi connectivity index (χ3v) is 5.20. The van der Waals surface area contributed by atoms with Crippen LogP contribution in [0.15, 0.2) is 41.6 Å². The summed E-state index contributed by atoms with van der Waals surface area (Å²) in [5.74, 6) is 0.358. The molecule has 0 saturated carbocycles. The number of nitrogens with zero attached hydrogens (tertiary/aromatic N) is 4. The number of methoxy groups -OCH3 is 1. The van der Waals surface area contributed by atoms with Crippen LogP contribution in [0, 0.1) is 0 Å². The quantitative estimate of drug-likeness (QED) is 0.822. The Morgan fingerprint density at radius 2 is 2.05 bits per heavy atom. The van der Waals surface area contributed by atoms with E-state index in [1.54, 1.807) is 41.3 Å². The fraction of sp³-hybridized carbons (Fsp3) is 0.333. The van der Waals surface area contributed by atoms with E-state index in [0.29, 0.717) is 18.8 Å². The average Bonchev–Trinajstić information content (AvgIpc) is 2.90. The van der Waals surface area contributed by atoms with Crippen LogP contribution in [0.25, 0.3) is 0 Å². The molecule has 0 N–H and O–H groups in total. The molecule has 0 bridgehead atoms. The zero-order valence-corrected chi connectivity index (χ0v) is 11.7. The number of ether oxygens (including phenoxy) is 1. The molecule has 0 amide bonds. The molecule has 8 heteroatoms. The van der Waals surface area contributed by atoms with Gasteiger partial charge in [-0.05, 0) is 12.1 Å². The molecule has 7 nitrogen and oxygen atoms in total. The second-order valence-corrected chi connectivity index (χ2v) is 6.42. The number of sulfonamides is 1. The normalized spacial score (nSPS) is 16.9. The van der Waals surface area contributed by atoms with Crippen molar-refractivity contribution in [1.29, 1.82) is 0 Å². The minimum atomic E-state index is -3.52. The van der Waals surface area contributed by atoms with E-state index >= 15 is 0 Å². The molecule has 0 aliphatic carbocycles. The Morgan fingerprint density at radius 3 is 2.70 bits per heavy atom. The SMILES string of the molecule is COc1ccccc1S(=O)(=O)N1CC(n2ccnn2)C1. The molecule has 3 rings (SSSR count). The van der Waals surface area contributed by atoms with Crippen molar-refractivity contribution in [3.05, 3.63) is 36.7 Å². The number of hydrogen-bond acceptors (Lipinski definition) is 5. The van der Waals surface area contributed by atoms with Gasteiger partial charge in [0.25, 0.3) is 0 Å². The standard InChI is InChI=1S/C12H14N4O3S/c1-19-11-4-2-3-5-12(11)20(17,18)15-8-10(9-15)16-7-6-13-14-16/h2-7,10H,8-9H2,1H3. The Hall–Kier alpha value is -1.93. The molecule has 0 spiro atoms. The molecular formula is C12H14N4O3S. The van der Waals surface area contributed by atoms with Gasteiger partial charge in [-0.1, -0.05) is 17.3 Å². The van der Waals surface area contributed by atoms with Crippen molar-refractivity contribution in [2.75, 3.05) is 20.2 Å². The third-order valence-electron chi connectivity index (χ3n) is 3.33. The van der Waals surface area contributed by atoms with Crippen molar-refractivity contribution in [1.82, 2.24) is 19.3 Å². The predicted molar refractivity (Wildman–Crippen MR) is 70.8 cm³/mol. The first kappa shape index (κ1) is 13.1. The van der Waals surface area contributed by atoms with Crippen molar-refractivity contribution in [3.8, 4) is 5.75 Å². The Morgan fingerprint density at radius 1 is 1.30 bits per heavy atom. The number of aromatic nitrogens is 3. The number of benzene rings is 1. The maximum Gasteiger partial charge on any atom is 0.246 e. The third kappa shape index (κ3) is 2.06. The molecule has 0 atom stereocenters. The summed E-state index contributed by atoms with van der Waals surface area (Å²) in [6.07, 6.45) is 3.31. The zero-order chi connectivity index (χ0) is 14.2. The summed E-state index contributed by atoms with van der Waals surface area (Å²) in [6, 6.07) is 6.66. The summed E-state index contributed by atoms with van der Waals surface area (Å²) in [6.45, 7) is 0.785. The maximum atomic E-state index is 12.5. The minimum absolute atomic E-state index is 0.0435. The van der Waals surface area contributed by atoms with Crippen molar-refractivity contribution in [3.63, 3.8) is 0 Å². The first-order chi connectivity index (χ1) is 9.63. The molecule has 2 aromatic rings. The summed E-state index contributed by atoms with van der Waals surface area (Å²) in [7, 11) is -2.06. The fourth-order valence-electron chi connectivity index (χ4n) is 2.16. The van der Waals surface area contributed by atoms with Crippen LogP contribution in [0.1, 0.15) is 6.04 Å². The van der Waals surface area contributed by atoms with Gasteiger partial charge in [-0.15, -0.1) is 5.10 Å². The van der Waals surface area contributed by atoms with Gasteiger partial charge in [0.2, 0.25) is 10.0 Å². The molecular weight excluding hydrogens is 280 g/mol. The van der Waals surface area contributed by atoms with Gasteiger partial charge in [0.05, 0.1) is 19.3 Å². The van der Waals surface area contributed by atoms with Gasteiger partial charge in [-0.3, -0.25) is 0 Å². The molecule has 0 radical (unpaired) electrons. The van der Waals surface area contributed by atoms with E-state index in [4.69, 9.17) is 4.74 Å². The van der Waals surface area contributed by atoms with Gasteiger partial charge in [0.1, 0.15) is 10.6 Å². The molecule has 2 heterocycles. The van der Waals surface area contributed by atoms with Crippen LogP contribution >= 0.6 is 0 Å². The molecule has 1 aliphatic rings. The summed E-state index contributed by atoms with van der Waals surface area (Å²) in [4.78, 5) is 0.194. The average molecular weight is 294 g/mol.